The van der Waals surface area contributed by atoms with E-state index < -0.39 is 0 Å². The Labute approximate surface area is 93.6 Å². The van der Waals surface area contributed by atoms with Gasteiger partial charge in [-0.25, -0.2) is 0 Å². The minimum absolute atomic E-state index is 0.685. The predicted molar refractivity (Wildman–Crippen MR) is 62.1 cm³/mol. The second-order valence-electron chi connectivity index (χ2n) is 3.18. The van der Waals surface area contributed by atoms with E-state index in [1.165, 1.54) is 5.56 Å². The van der Waals surface area contributed by atoms with Crippen LogP contribution in [0.1, 0.15) is 18.4 Å². The van der Waals surface area contributed by atoms with E-state index in [4.69, 9.17) is 10.5 Å². The molecule has 1 aromatic rings. The number of hydrogen-bond acceptors (Lipinski definition) is 2. The van der Waals surface area contributed by atoms with Gasteiger partial charge in [-0.1, -0.05) is 28.1 Å². The van der Waals surface area contributed by atoms with Gasteiger partial charge in [0.2, 0.25) is 0 Å². The molecule has 0 aliphatic rings. The van der Waals surface area contributed by atoms with Crippen LogP contribution in [0.25, 0.3) is 0 Å². The number of halogens is 1. The highest BCUT2D eigenvalue weighted by Gasteiger charge is 1.94. The summed E-state index contributed by atoms with van der Waals surface area (Å²) in [5, 5.41) is 0. The molecule has 2 nitrogen and oxygen atoms in total. The average molecular weight is 258 g/mol. The Kier molecular flexibility index (Phi) is 5.83. The molecule has 0 fully saturated rings. The Morgan fingerprint density at radius 2 is 2.14 bits per heavy atom. The van der Waals surface area contributed by atoms with E-state index in [9.17, 15) is 0 Å². The van der Waals surface area contributed by atoms with Crippen molar-refractivity contribution in [2.24, 2.45) is 5.73 Å². The SMILES string of the molecule is NCCCCOCc1cccc(Br)c1. The van der Waals surface area contributed by atoms with E-state index in [0.29, 0.717) is 6.61 Å². The zero-order valence-electron chi connectivity index (χ0n) is 8.21. The van der Waals surface area contributed by atoms with Crippen LogP contribution in [0.3, 0.4) is 0 Å². The van der Waals surface area contributed by atoms with Crippen LogP contribution in [0, 0.1) is 0 Å². The zero-order chi connectivity index (χ0) is 10.2. The van der Waals surface area contributed by atoms with Gasteiger partial charge in [-0.2, -0.15) is 0 Å². The molecular formula is C11H16BrNO. The Balaban J connectivity index is 2.18. The van der Waals surface area contributed by atoms with E-state index in [1.807, 2.05) is 12.1 Å². The van der Waals surface area contributed by atoms with Crippen molar-refractivity contribution in [2.45, 2.75) is 19.4 Å². The van der Waals surface area contributed by atoms with Crippen molar-refractivity contribution in [3.63, 3.8) is 0 Å². The molecular weight excluding hydrogens is 242 g/mol. The third kappa shape index (κ3) is 4.74. The monoisotopic (exact) mass is 257 g/mol. The molecule has 3 heteroatoms. The molecule has 0 radical (unpaired) electrons. The van der Waals surface area contributed by atoms with Gasteiger partial charge in [0.1, 0.15) is 0 Å². The summed E-state index contributed by atoms with van der Waals surface area (Å²) in [6, 6.07) is 8.16. The van der Waals surface area contributed by atoms with Crippen molar-refractivity contribution in [2.75, 3.05) is 13.2 Å². The highest BCUT2D eigenvalue weighted by molar-refractivity contribution is 9.10. The summed E-state index contributed by atoms with van der Waals surface area (Å²) < 4.78 is 6.60. The lowest BCUT2D eigenvalue weighted by atomic mass is 10.2. The summed E-state index contributed by atoms with van der Waals surface area (Å²) >= 11 is 3.42. The molecule has 0 amide bonds. The van der Waals surface area contributed by atoms with Crippen LogP contribution < -0.4 is 5.73 Å². The summed E-state index contributed by atoms with van der Waals surface area (Å²) in [5.41, 5.74) is 6.58. The lowest BCUT2D eigenvalue weighted by Crippen LogP contribution is -2.01. The molecule has 2 N–H and O–H groups in total. The minimum atomic E-state index is 0.685. The summed E-state index contributed by atoms with van der Waals surface area (Å²) in [4.78, 5) is 0. The van der Waals surface area contributed by atoms with E-state index in [-0.39, 0.29) is 0 Å². The Hall–Kier alpha value is -0.380. The number of hydrogen-bond donors (Lipinski definition) is 1. The van der Waals surface area contributed by atoms with Crippen LogP contribution in [0.15, 0.2) is 28.7 Å². The largest absolute Gasteiger partial charge is 0.377 e. The molecule has 78 valence electrons. The second-order valence-corrected chi connectivity index (χ2v) is 4.09. The maximum atomic E-state index is 5.50. The Morgan fingerprint density at radius 1 is 1.29 bits per heavy atom. The summed E-state index contributed by atoms with van der Waals surface area (Å²) in [6.45, 7) is 2.23. The average Bonchev–Trinajstić information content (AvgIpc) is 2.18. The highest BCUT2D eigenvalue weighted by atomic mass is 79.9. The minimum Gasteiger partial charge on any atom is -0.377 e. The molecule has 0 spiro atoms. The molecule has 0 bridgehead atoms. The van der Waals surface area contributed by atoms with Crippen molar-refractivity contribution in [3.05, 3.63) is 34.3 Å². The van der Waals surface area contributed by atoms with Gasteiger partial charge in [-0.05, 0) is 37.1 Å². The molecule has 0 aliphatic heterocycles. The molecule has 0 aromatic heterocycles. The molecule has 1 aromatic carbocycles. The van der Waals surface area contributed by atoms with E-state index >= 15 is 0 Å². The quantitative estimate of drug-likeness (QED) is 0.796. The van der Waals surface area contributed by atoms with Gasteiger partial charge in [0.25, 0.3) is 0 Å². The normalized spacial score (nSPS) is 10.4. The predicted octanol–water partition coefficient (Wildman–Crippen LogP) is 2.70. The number of rotatable bonds is 6. The van der Waals surface area contributed by atoms with E-state index in [2.05, 4.69) is 28.1 Å². The molecule has 1 rings (SSSR count). The number of unbranched alkanes of at least 4 members (excludes halogenated alkanes) is 1. The first-order valence-corrected chi connectivity index (χ1v) is 5.64. The fraction of sp³-hybridized carbons (Fsp3) is 0.455. The van der Waals surface area contributed by atoms with Gasteiger partial charge in [0, 0.05) is 11.1 Å². The maximum absolute atomic E-state index is 5.50. The molecule has 14 heavy (non-hydrogen) atoms. The van der Waals surface area contributed by atoms with Crippen LogP contribution >= 0.6 is 15.9 Å². The first-order chi connectivity index (χ1) is 6.83. The lowest BCUT2D eigenvalue weighted by Gasteiger charge is -2.04. The molecule has 0 unspecified atom stereocenters. The zero-order valence-corrected chi connectivity index (χ0v) is 9.79. The summed E-state index contributed by atoms with van der Waals surface area (Å²) in [7, 11) is 0. The second kappa shape index (κ2) is 6.98. The standard InChI is InChI=1S/C11H16BrNO/c12-11-5-3-4-10(8-11)9-14-7-2-1-6-13/h3-5,8H,1-2,6-7,9,13H2. The van der Waals surface area contributed by atoms with Crippen molar-refractivity contribution in [1.29, 1.82) is 0 Å². The van der Waals surface area contributed by atoms with Crippen molar-refractivity contribution < 1.29 is 4.74 Å². The fourth-order valence-electron chi connectivity index (χ4n) is 1.17. The first-order valence-electron chi connectivity index (χ1n) is 4.85. The Bertz CT molecular complexity index is 265. The molecule has 0 saturated heterocycles. The number of benzene rings is 1. The third-order valence-corrected chi connectivity index (χ3v) is 2.39. The van der Waals surface area contributed by atoms with Gasteiger partial charge in [-0.15, -0.1) is 0 Å². The van der Waals surface area contributed by atoms with Crippen molar-refractivity contribution >= 4 is 15.9 Å². The lowest BCUT2D eigenvalue weighted by molar-refractivity contribution is 0.117. The number of nitrogens with two attached hydrogens (primary N) is 1. The van der Waals surface area contributed by atoms with Crippen molar-refractivity contribution in [3.8, 4) is 0 Å². The van der Waals surface area contributed by atoms with Crippen LogP contribution in [0.5, 0.6) is 0 Å². The third-order valence-electron chi connectivity index (χ3n) is 1.90. The van der Waals surface area contributed by atoms with Gasteiger partial charge in [-0.3, -0.25) is 0 Å². The van der Waals surface area contributed by atoms with Gasteiger partial charge >= 0.3 is 0 Å². The van der Waals surface area contributed by atoms with Crippen LogP contribution in [0.2, 0.25) is 0 Å². The van der Waals surface area contributed by atoms with Crippen LogP contribution in [-0.4, -0.2) is 13.2 Å². The van der Waals surface area contributed by atoms with Crippen molar-refractivity contribution in [1.82, 2.24) is 0 Å². The molecule has 0 atom stereocenters. The van der Waals surface area contributed by atoms with Gasteiger partial charge in [0.15, 0.2) is 0 Å². The molecule has 0 saturated carbocycles. The highest BCUT2D eigenvalue weighted by Crippen LogP contribution is 2.12. The van der Waals surface area contributed by atoms with E-state index in [1.54, 1.807) is 0 Å². The van der Waals surface area contributed by atoms with Gasteiger partial charge in [0.05, 0.1) is 6.61 Å². The summed E-state index contributed by atoms with van der Waals surface area (Å²) in [5.74, 6) is 0. The maximum Gasteiger partial charge on any atom is 0.0717 e. The van der Waals surface area contributed by atoms with Gasteiger partial charge < -0.3 is 10.5 Å². The Morgan fingerprint density at radius 3 is 2.86 bits per heavy atom. The molecule has 0 heterocycles. The first kappa shape index (κ1) is 11.7. The number of ether oxygens (including phenoxy) is 1. The molecule has 0 aliphatic carbocycles. The fourth-order valence-corrected chi connectivity index (χ4v) is 1.61. The topological polar surface area (TPSA) is 35.2 Å². The summed E-state index contributed by atoms with van der Waals surface area (Å²) in [6.07, 6.45) is 2.09. The van der Waals surface area contributed by atoms with Crippen LogP contribution in [-0.2, 0) is 11.3 Å². The van der Waals surface area contributed by atoms with E-state index in [0.717, 1.165) is 30.5 Å². The smallest absolute Gasteiger partial charge is 0.0717 e. The van der Waals surface area contributed by atoms with Crippen LogP contribution in [0.4, 0.5) is 0 Å².